The summed E-state index contributed by atoms with van der Waals surface area (Å²) in [6.45, 7) is 3.73. The van der Waals surface area contributed by atoms with Crippen molar-refractivity contribution in [3.8, 4) is 5.75 Å². The number of aliphatic hydroxyl groups is 1. The van der Waals surface area contributed by atoms with E-state index in [9.17, 15) is 5.11 Å². The minimum absolute atomic E-state index is 0.447. The number of aliphatic hydroxyl groups excluding tert-OH is 1. The van der Waals surface area contributed by atoms with Crippen molar-refractivity contribution < 1.29 is 9.84 Å². The maximum Gasteiger partial charge on any atom is 0.119 e. The maximum absolute atomic E-state index is 10.1. The first-order valence-electron chi connectivity index (χ1n) is 7.05. The van der Waals surface area contributed by atoms with Crippen LogP contribution in [0.1, 0.15) is 24.2 Å². The van der Waals surface area contributed by atoms with Gasteiger partial charge < -0.3 is 15.2 Å². The van der Waals surface area contributed by atoms with E-state index >= 15 is 0 Å². The van der Waals surface area contributed by atoms with E-state index in [4.69, 9.17) is 16.3 Å². The largest absolute Gasteiger partial charge is 0.494 e. The molecule has 2 N–H and O–H groups in total. The fourth-order valence-corrected chi connectivity index (χ4v) is 2.38. The van der Waals surface area contributed by atoms with Gasteiger partial charge >= 0.3 is 0 Å². The molecule has 0 aliphatic heterocycles. The number of hydrogen-bond acceptors (Lipinski definition) is 3. The van der Waals surface area contributed by atoms with E-state index in [0.29, 0.717) is 24.7 Å². The number of nitrogens with one attached hydrogen (secondary N) is 1. The molecule has 4 heteroatoms. The molecular weight excluding hydrogens is 286 g/mol. The van der Waals surface area contributed by atoms with Crippen molar-refractivity contribution in [3.63, 3.8) is 0 Å². The molecule has 3 nitrogen and oxygen atoms in total. The summed E-state index contributed by atoms with van der Waals surface area (Å²) in [6, 6.07) is 15.3. The summed E-state index contributed by atoms with van der Waals surface area (Å²) in [5.74, 6) is 0.864. The molecule has 0 aliphatic rings. The van der Waals surface area contributed by atoms with Gasteiger partial charge in [0.25, 0.3) is 0 Å². The molecular formula is C17H20ClNO2. The van der Waals surface area contributed by atoms with Gasteiger partial charge in [-0.3, -0.25) is 0 Å². The highest BCUT2D eigenvalue weighted by Crippen LogP contribution is 2.22. The van der Waals surface area contributed by atoms with Gasteiger partial charge in [-0.15, -0.1) is 0 Å². The average molecular weight is 306 g/mol. The van der Waals surface area contributed by atoms with Gasteiger partial charge in [-0.05, 0) is 30.7 Å². The second kappa shape index (κ2) is 8.03. The molecule has 0 aliphatic carbocycles. The summed E-state index contributed by atoms with van der Waals surface area (Å²) >= 11 is 6.07. The molecule has 0 spiro atoms. The van der Waals surface area contributed by atoms with Crippen LogP contribution in [-0.4, -0.2) is 18.3 Å². The monoisotopic (exact) mass is 305 g/mol. The zero-order chi connectivity index (χ0) is 15.1. The molecule has 0 saturated heterocycles. The standard InChI is InChI=1S/C17H20ClNO2/c1-2-21-14-7-5-6-13(10-14)11-19-12-17(20)15-8-3-4-9-16(15)18/h3-10,17,19-20H,2,11-12H2,1H3. The van der Waals surface area contributed by atoms with Gasteiger partial charge in [0.05, 0.1) is 12.7 Å². The van der Waals surface area contributed by atoms with E-state index in [-0.39, 0.29) is 0 Å². The summed E-state index contributed by atoms with van der Waals surface area (Å²) in [4.78, 5) is 0. The Morgan fingerprint density at radius 1 is 1.19 bits per heavy atom. The van der Waals surface area contributed by atoms with Crippen molar-refractivity contribution in [2.24, 2.45) is 0 Å². The zero-order valence-electron chi connectivity index (χ0n) is 12.1. The Morgan fingerprint density at radius 3 is 2.76 bits per heavy atom. The SMILES string of the molecule is CCOc1cccc(CNCC(O)c2ccccc2Cl)c1. The Bertz CT molecular complexity index is 574. The van der Waals surface area contributed by atoms with Crippen LogP contribution in [0.2, 0.25) is 5.02 Å². The number of hydrogen-bond donors (Lipinski definition) is 2. The summed E-state index contributed by atoms with van der Waals surface area (Å²) < 4.78 is 5.46. The van der Waals surface area contributed by atoms with E-state index in [0.717, 1.165) is 16.9 Å². The molecule has 0 saturated carbocycles. The number of benzene rings is 2. The molecule has 0 aromatic heterocycles. The Balaban J connectivity index is 1.86. The van der Waals surface area contributed by atoms with Crippen LogP contribution < -0.4 is 10.1 Å². The Kier molecular flexibility index (Phi) is 6.05. The van der Waals surface area contributed by atoms with Crippen LogP contribution in [0.5, 0.6) is 5.75 Å². The van der Waals surface area contributed by atoms with Gasteiger partial charge in [-0.25, -0.2) is 0 Å². The average Bonchev–Trinajstić information content (AvgIpc) is 2.48. The molecule has 0 heterocycles. The van der Waals surface area contributed by atoms with Crippen molar-refractivity contribution >= 4 is 11.6 Å². The van der Waals surface area contributed by atoms with Gasteiger partial charge in [0.2, 0.25) is 0 Å². The fourth-order valence-electron chi connectivity index (χ4n) is 2.12. The van der Waals surface area contributed by atoms with E-state index in [1.165, 1.54) is 0 Å². The lowest BCUT2D eigenvalue weighted by Gasteiger charge is -2.14. The first-order chi connectivity index (χ1) is 10.2. The summed E-state index contributed by atoms with van der Waals surface area (Å²) in [7, 11) is 0. The van der Waals surface area contributed by atoms with Gasteiger partial charge in [0, 0.05) is 23.7 Å². The van der Waals surface area contributed by atoms with Crippen molar-refractivity contribution in [3.05, 3.63) is 64.7 Å². The summed E-state index contributed by atoms with van der Waals surface area (Å²) in [5, 5.41) is 14.0. The van der Waals surface area contributed by atoms with Crippen LogP contribution >= 0.6 is 11.6 Å². The van der Waals surface area contributed by atoms with E-state index in [1.807, 2.05) is 49.4 Å². The second-order valence-corrected chi connectivity index (χ2v) is 5.16. The van der Waals surface area contributed by atoms with Gasteiger partial charge in [0.1, 0.15) is 5.75 Å². The van der Waals surface area contributed by atoms with Crippen LogP contribution in [0.25, 0.3) is 0 Å². The smallest absolute Gasteiger partial charge is 0.119 e. The third-order valence-electron chi connectivity index (χ3n) is 3.14. The number of halogens is 1. The van der Waals surface area contributed by atoms with E-state index in [1.54, 1.807) is 6.07 Å². The van der Waals surface area contributed by atoms with E-state index < -0.39 is 6.10 Å². The quantitative estimate of drug-likeness (QED) is 0.822. The topological polar surface area (TPSA) is 41.5 Å². The molecule has 112 valence electrons. The fraction of sp³-hybridized carbons (Fsp3) is 0.294. The van der Waals surface area contributed by atoms with Gasteiger partial charge in [-0.2, -0.15) is 0 Å². The van der Waals surface area contributed by atoms with Crippen LogP contribution in [0, 0.1) is 0 Å². The lowest BCUT2D eigenvalue weighted by atomic mass is 10.1. The highest BCUT2D eigenvalue weighted by molar-refractivity contribution is 6.31. The number of ether oxygens (including phenoxy) is 1. The molecule has 1 unspecified atom stereocenters. The van der Waals surface area contributed by atoms with E-state index in [2.05, 4.69) is 5.32 Å². The zero-order valence-corrected chi connectivity index (χ0v) is 12.8. The first kappa shape index (κ1) is 15.8. The molecule has 0 bridgehead atoms. The lowest BCUT2D eigenvalue weighted by molar-refractivity contribution is 0.174. The van der Waals surface area contributed by atoms with Crippen molar-refractivity contribution in [2.45, 2.75) is 19.6 Å². The molecule has 0 amide bonds. The predicted octanol–water partition coefficient (Wildman–Crippen LogP) is 3.56. The summed E-state index contributed by atoms with van der Waals surface area (Å²) in [5.41, 5.74) is 1.86. The van der Waals surface area contributed by atoms with Crippen molar-refractivity contribution in [1.82, 2.24) is 5.32 Å². The van der Waals surface area contributed by atoms with Crippen LogP contribution in [0.3, 0.4) is 0 Å². The third-order valence-corrected chi connectivity index (χ3v) is 3.48. The highest BCUT2D eigenvalue weighted by atomic mass is 35.5. The minimum Gasteiger partial charge on any atom is -0.494 e. The normalized spacial score (nSPS) is 12.1. The Morgan fingerprint density at radius 2 is 2.00 bits per heavy atom. The Hall–Kier alpha value is -1.55. The third kappa shape index (κ3) is 4.74. The lowest BCUT2D eigenvalue weighted by Crippen LogP contribution is -2.21. The predicted molar refractivity (Wildman–Crippen MR) is 85.7 cm³/mol. The van der Waals surface area contributed by atoms with Crippen molar-refractivity contribution in [2.75, 3.05) is 13.2 Å². The molecule has 2 aromatic carbocycles. The van der Waals surface area contributed by atoms with Gasteiger partial charge in [0.15, 0.2) is 0 Å². The first-order valence-corrected chi connectivity index (χ1v) is 7.43. The van der Waals surface area contributed by atoms with Crippen LogP contribution in [0.4, 0.5) is 0 Å². The van der Waals surface area contributed by atoms with Crippen LogP contribution in [-0.2, 0) is 6.54 Å². The van der Waals surface area contributed by atoms with Crippen molar-refractivity contribution in [1.29, 1.82) is 0 Å². The van der Waals surface area contributed by atoms with Gasteiger partial charge in [-0.1, -0.05) is 41.9 Å². The maximum atomic E-state index is 10.1. The molecule has 0 radical (unpaired) electrons. The molecule has 21 heavy (non-hydrogen) atoms. The molecule has 1 atom stereocenters. The second-order valence-electron chi connectivity index (χ2n) is 4.75. The van der Waals surface area contributed by atoms with Crippen LogP contribution in [0.15, 0.2) is 48.5 Å². The molecule has 2 aromatic rings. The highest BCUT2D eigenvalue weighted by Gasteiger charge is 2.10. The molecule has 2 rings (SSSR count). The Labute approximate surface area is 130 Å². The number of rotatable bonds is 7. The summed E-state index contributed by atoms with van der Waals surface area (Å²) in [6.07, 6.45) is -0.617. The molecule has 0 fully saturated rings. The minimum atomic E-state index is -0.617.